The van der Waals surface area contributed by atoms with Crippen LogP contribution in [0.2, 0.25) is 0 Å². The predicted octanol–water partition coefficient (Wildman–Crippen LogP) is 2.69. The molecule has 0 radical (unpaired) electrons. The van der Waals surface area contributed by atoms with Crippen molar-refractivity contribution < 1.29 is 5.11 Å². The number of aliphatic hydroxyl groups excluding tert-OH is 1. The third kappa shape index (κ3) is 4.37. The number of benzene rings is 2. The van der Waals surface area contributed by atoms with Gasteiger partial charge in [0.1, 0.15) is 0 Å². The molecule has 0 amide bonds. The SMILES string of the molecule is CN(C)CC(O)CNc1ccc(-c2ccccc2)cc1. The Balaban J connectivity index is 1.92. The molecular formula is C17H22N2O. The summed E-state index contributed by atoms with van der Waals surface area (Å²) in [5.74, 6) is 0. The number of nitrogens with one attached hydrogen (secondary N) is 1. The van der Waals surface area contributed by atoms with Crippen molar-refractivity contribution >= 4 is 5.69 Å². The third-order valence-electron chi connectivity index (χ3n) is 3.11. The van der Waals surface area contributed by atoms with Crippen LogP contribution < -0.4 is 5.32 Å². The molecule has 0 bridgehead atoms. The molecule has 0 saturated heterocycles. The van der Waals surface area contributed by atoms with Crippen LogP contribution in [0.25, 0.3) is 11.1 Å². The maximum atomic E-state index is 9.81. The van der Waals surface area contributed by atoms with Gasteiger partial charge in [0.05, 0.1) is 6.10 Å². The molecule has 0 spiro atoms. The fraction of sp³-hybridized carbons (Fsp3) is 0.294. The Bertz CT molecular complexity index is 508. The van der Waals surface area contributed by atoms with Crippen LogP contribution >= 0.6 is 0 Å². The molecule has 0 saturated carbocycles. The number of hydrogen-bond donors (Lipinski definition) is 2. The molecule has 2 rings (SSSR count). The molecule has 1 atom stereocenters. The van der Waals surface area contributed by atoms with Crippen LogP contribution in [0.4, 0.5) is 5.69 Å². The minimum atomic E-state index is -0.362. The molecule has 1 unspecified atom stereocenters. The normalized spacial score (nSPS) is 12.4. The van der Waals surface area contributed by atoms with Crippen LogP contribution in [0.5, 0.6) is 0 Å². The summed E-state index contributed by atoms with van der Waals surface area (Å²) in [6, 6.07) is 18.6. The Morgan fingerprint density at radius 1 is 0.950 bits per heavy atom. The average molecular weight is 270 g/mol. The summed E-state index contributed by atoms with van der Waals surface area (Å²) in [7, 11) is 3.91. The lowest BCUT2D eigenvalue weighted by atomic mass is 10.1. The van der Waals surface area contributed by atoms with Gasteiger partial charge in [0.25, 0.3) is 0 Å². The number of aliphatic hydroxyl groups is 1. The molecule has 2 N–H and O–H groups in total. The van der Waals surface area contributed by atoms with Crippen molar-refractivity contribution in [3.05, 3.63) is 54.6 Å². The van der Waals surface area contributed by atoms with Crippen LogP contribution in [0.3, 0.4) is 0 Å². The zero-order valence-electron chi connectivity index (χ0n) is 12.1. The lowest BCUT2D eigenvalue weighted by molar-refractivity contribution is 0.148. The van der Waals surface area contributed by atoms with Gasteiger partial charge < -0.3 is 15.3 Å². The molecule has 2 aromatic rings. The molecule has 0 fully saturated rings. The van der Waals surface area contributed by atoms with Gasteiger partial charge in [-0.25, -0.2) is 0 Å². The number of rotatable bonds is 6. The van der Waals surface area contributed by atoms with E-state index in [1.807, 2.05) is 49.3 Å². The van der Waals surface area contributed by atoms with Gasteiger partial charge in [0, 0.05) is 18.8 Å². The molecule has 0 heterocycles. The van der Waals surface area contributed by atoms with Crippen molar-refractivity contribution in [3.63, 3.8) is 0 Å². The molecule has 3 nitrogen and oxygen atoms in total. The lowest BCUT2D eigenvalue weighted by Gasteiger charge is -2.17. The first kappa shape index (κ1) is 14.6. The standard InChI is InChI=1S/C17H22N2O/c1-19(2)13-17(20)12-18-16-10-8-15(9-11-16)14-6-4-3-5-7-14/h3-11,17-18,20H,12-13H2,1-2H3. The molecule has 0 aliphatic rings. The van der Waals surface area contributed by atoms with Crippen molar-refractivity contribution in [1.82, 2.24) is 4.90 Å². The predicted molar refractivity (Wildman–Crippen MR) is 84.9 cm³/mol. The van der Waals surface area contributed by atoms with Crippen molar-refractivity contribution in [3.8, 4) is 11.1 Å². The fourth-order valence-electron chi connectivity index (χ4n) is 2.13. The zero-order chi connectivity index (χ0) is 14.4. The summed E-state index contributed by atoms with van der Waals surface area (Å²) >= 11 is 0. The topological polar surface area (TPSA) is 35.5 Å². The van der Waals surface area contributed by atoms with E-state index in [4.69, 9.17) is 0 Å². The highest BCUT2D eigenvalue weighted by Crippen LogP contribution is 2.20. The Kier molecular flexibility index (Phi) is 5.16. The van der Waals surface area contributed by atoms with Crippen molar-refractivity contribution in [1.29, 1.82) is 0 Å². The Hall–Kier alpha value is -1.84. The van der Waals surface area contributed by atoms with Gasteiger partial charge in [-0.2, -0.15) is 0 Å². The largest absolute Gasteiger partial charge is 0.390 e. The minimum Gasteiger partial charge on any atom is -0.390 e. The second-order valence-corrected chi connectivity index (χ2v) is 5.24. The third-order valence-corrected chi connectivity index (χ3v) is 3.11. The maximum Gasteiger partial charge on any atom is 0.0838 e. The van der Waals surface area contributed by atoms with E-state index in [1.165, 1.54) is 11.1 Å². The first-order valence-electron chi connectivity index (χ1n) is 6.87. The zero-order valence-corrected chi connectivity index (χ0v) is 12.1. The second-order valence-electron chi connectivity index (χ2n) is 5.24. The number of likely N-dealkylation sites (N-methyl/N-ethyl adjacent to an activating group) is 1. The van der Waals surface area contributed by atoms with E-state index in [1.54, 1.807) is 0 Å². The van der Waals surface area contributed by atoms with Crippen LogP contribution in [-0.4, -0.2) is 43.3 Å². The van der Waals surface area contributed by atoms with Gasteiger partial charge >= 0.3 is 0 Å². The van der Waals surface area contributed by atoms with Crippen molar-refractivity contribution in [2.45, 2.75) is 6.10 Å². The Morgan fingerprint density at radius 3 is 2.15 bits per heavy atom. The highest BCUT2D eigenvalue weighted by atomic mass is 16.3. The highest BCUT2D eigenvalue weighted by Gasteiger charge is 2.05. The van der Waals surface area contributed by atoms with Gasteiger partial charge in [-0.1, -0.05) is 42.5 Å². The van der Waals surface area contributed by atoms with E-state index in [0.717, 1.165) is 5.69 Å². The first-order chi connectivity index (χ1) is 9.65. The van der Waals surface area contributed by atoms with E-state index >= 15 is 0 Å². The quantitative estimate of drug-likeness (QED) is 0.847. The maximum absolute atomic E-state index is 9.81. The molecule has 2 aromatic carbocycles. The second kappa shape index (κ2) is 7.08. The van der Waals surface area contributed by atoms with Crippen molar-refractivity contribution in [2.75, 3.05) is 32.5 Å². The molecule has 3 heteroatoms. The molecule has 0 aliphatic heterocycles. The van der Waals surface area contributed by atoms with E-state index in [0.29, 0.717) is 13.1 Å². The van der Waals surface area contributed by atoms with Gasteiger partial charge in [-0.3, -0.25) is 0 Å². The fourth-order valence-corrected chi connectivity index (χ4v) is 2.13. The Labute approximate surface area is 120 Å². The summed E-state index contributed by atoms with van der Waals surface area (Å²) in [4.78, 5) is 1.98. The molecule has 20 heavy (non-hydrogen) atoms. The minimum absolute atomic E-state index is 0.362. The van der Waals surface area contributed by atoms with Crippen LogP contribution in [-0.2, 0) is 0 Å². The van der Waals surface area contributed by atoms with Crippen LogP contribution in [0.1, 0.15) is 0 Å². The van der Waals surface area contributed by atoms with Gasteiger partial charge in [-0.05, 0) is 37.4 Å². The average Bonchev–Trinajstić information content (AvgIpc) is 2.46. The lowest BCUT2D eigenvalue weighted by Crippen LogP contribution is -2.31. The monoisotopic (exact) mass is 270 g/mol. The van der Waals surface area contributed by atoms with E-state index in [-0.39, 0.29) is 6.10 Å². The smallest absolute Gasteiger partial charge is 0.0838 e. The van der Waals surface area contributed by atoms with Crippen LogP contribution in [0, 0.1) is 0 Å². The molecule has 106 valence electrons. The summed E-state index contributed by atoms with van der Waals surface area (Å²) < 4.78 is 0. The Morgan fingerprint density at radius 2 is 1.55 bits per heavy atom. The highest BCUT2D eigenvalue weighted by molar-refractivity contribution is 5.65. The number of anilines is 1. The van der Waals surface area contributed by atoms with E-state index in [9.17, 15) is 5.11 Å². The van der Waals surface area contributed by atoms with Crippen molar-refractivity contribution in [2.24, 2.45) is 0 Å². The first-order valence-corrected chi connectivity index (χ1v) is 6.87. The van der Waals surface area contributed by atoms with E-state index < -0.39 is 0 Å². The van der Waals surface area contributed by atoms with Crippen LogP contribution in [0.15, 0.2) is 54.6 Å². The molecular weight excluding hydrogens is 248 g/mol. The van der Waals surface area contributed by atoms with Gasteiger partial charge in [0.2, 0.25) is 0 Å². The summed E-state index contributed by atoms with van der Waals surface area (Å²) in [6.07, 6.45) is -0.362. The summed E-state index contributed by atoms with van der Waals surface area (Å²) in [5.41, 5.74) is 3.44. The molecule has 0 aliphatic carbocycles. The number of nitrogens with zero attached hydrogens (tertiary/aromatic N) is 1. The summed E-state index contributed by atoms with van der Waals surface area (Å²) in [5, 5.41) is 13.1. The molecule has 0 aromatic heterocycles. The number of hydrogen-bond acceptors (Lipinski definition) is 3. The summed E-state index contributed by atoms with van der Waals surface area (Å²) in [6.45, 7) is 1.22. The van der Waals surface area contributed by atoms with Gasteiger partial charge in [0.15, 0.2) is 0 Å². The van der Waals surface area contributed by atoms with Gasteiger partial charge in [-0.15, -0.1) is 0 Å². The van der Waals surface area contributed by atoms with E-state index in [2.05, 4.69) is 29.6 Å².